The third kappa shape index (κ3) is 6.58. The van der Waals surface area contributed by atoms with Crippen molar-refractivity contribution in [1.29, 1.82) is 0 Å². The van der Waals surface area contributed by atoms with Gasteiger partial charge in [-0.25, -0.2) is 4.39 Å². The normalized spacial score (nSPS) is 12.4. The zero-order chi connectivity index (χ0) is 24.8. The molecule has 0 aromatic heterocycles. The highest BCUT2D eigenvalue weighted by atomic mass is 35.5. The zero-order valence-corrected chi connectivity index (χ0v) is 18.8. The summed E-state index contributed by atoms with van der Waals surface area (Å²) >= 11 is 5.97. The van der Waals surface area contributed by atoms with E-state index >= 15 is 0 Å². The number of ether oxygens (including phenoxy) is 1. The SMILES string of the molecule is CNC(=O)/C(=N/OC)c1cccc(C)c1CO/N=C(\C)c1c(Cl)ccc(F)c1OC(F)(F)F. The lowest BCUT2D eigenvalue weighted by molar-refractivity contribution is -0.275. The lowest BCUT2D eigenvalue weighted by Gasteiger charge is -2.15. The molecule has 0 heterocycles. The molecule has 1 N–H and O–H groups in total. The number of alkyl halides is 3. The van der Waals surface area contributed by atoms with E-state index in [2.05, 4.69) is 20.4 Å². The number of hydrogen-bond donors (Lipinski definition) is 1. The predicted molar refractivity (Wildman–Crippen MR) is 114 cm³/mol. The van der Waals surface area contributed by atoms with Gasteiger partial charge in [-0.1, -0.05) is 40.1 Å². The molecule has 0 aliphatic carbocycles. The van der Waals surface area contributed by atoms with Gasteiger partial charge < -0.3 is 19.7 Å². The Hall–Kier alpha value is -3.34. The first kappa shape index (κ1) is 25.9. The van der Waals surface area contributed by atoms with Crippen molar-refractivity contribution < 1.29 is 36.8 Å². The largest absolute Gasteiger partial charge is 0.573 e. The van der Waals surface area contributed by atoms with Gasteiger partial charge in [-0.05, 0) is 31.5 Å². The molecule has 33 heavy (non-hydrogen) atoms. The minimum atomic E-state index is -5.14. The summed E-state index contributed by atoms with van der Waals surface area (Å²) in [6, 6.07) is 6.89. The van der Waals surface area contributed by atoms with E-state index < -0.39 is 29.4 Å². The number of hydrogen-bond acceptors (Lipinski definition) is 6. The van der Waals surface area contributed by atoms with Crippen LogP contribution in [0.3, 0.4) is 0 Å². The van der Waals surface area contributed by atoms with Crippen LogP contribution in [0, 0.1) is 12.7 Å². The summed E-state index contributed by atoms with van der Waals surface area (Å²) in [6.07, 6.45) is -5.14. The fraction of sp³-hybridized carbons (Fsp3) is 0.286. The van der Waals surface area contributed by atoms with Gasteiger partial charge in [0.25, 0.3) is 5.91 Å². The lowest BCUT2D eigenvalue weighted by atomic mass is 9.98. The maximum Gasteiger partial charge on any atom is 0.573 e. The first-order chi connectivity index (χ1) is 15.5. The molecule has 2 rings (SSSR count). The Morgan fingerprint density at radius 2 is 1.88 bits per heavy atom. The van der Waals surface area contributed by atoms with Crippen LogP contribution in [0.2, 0.25) is 5.02 Å². The van der Waals surface area contributed by atoms with Crippen molar-refractivity contribution in [3.63, 3.8) is 0 Å². The van der Waals surface area contributed by atoms with Crippen molar-refractivity contribution in [2.45, 2.75) is 26.8 Å². The average molecular weight is 490 g/mol. The van der Waals surface area contributed by atoms with Gasteiger partial charge >= 0.3 is 6.36 Å². The molecule has 178 valence electrons. The Morgan fingerprint density at radius 3 is 2.48 bits per heavy atom. The molecule has 0 unspecified atom stereocenters. The number of aryl methyl sites for hydroxylation is 1. The molecule has 7 nitrogen and oxygen atoms in total. The van der Waals surface area contributed by atoms with E-state index in [1.54, 1.807) is 25.1 Å². The minimum Gasteiger partial charge on any atom is -0.402 e. The molecule has 0 aliphatic heterocycles. The molecule has 12 heteroatoms. The number of carbonyl (C=O) groups is 1. The Morgan fingerprint density at radius 1 is 1.18 bits per heavy atom. The van der Waals surface area contributed by atoms with Gasteiger partial charge in [0.15, 0.2) is 17.3 Å². The monoisotopic (exact) mass is 489 g/mol. The van der Waals surface area contributed by atoms with E-state index in [4.69, 9.17) is 21.3 Å². The maximum atomic E-state index is 14.0. The number of amides is 1. The van der Waals surface area contributed by atoms with E-state index in [-0.39, 0.29) is 23.1 Å². The molecule has 0 saturated heterocycles. The molecule has 0 radical (unpaired) electrons. The van der Waals surface area contributed by atoms with Crippen LogP contribution in [0.25, 0.3) is 0 Å². The van der Waals surface area contributed by atoms with E-state index in [0.717, 1.165) is 17.7 Å². The molecular weight excluding hydrogens is 470 g/mol. The van der Waals surface area contributed by atoms with Crippen LogP contribution in [0.1, 0.15) is 29.2 Å². The van der Waals surface area contributed by atoms with Gasteiger partial charge in [-0.2, -0.15) is 0 Å². The second kappa shape index (κ2) is 11.0. The molecule has 0 bridgehead atoms. The van der Waals surface area contributed by atoms with Crippen molar-refractivity contribution in [2.75, 3.05) is 14.2 Å². The summed E-state index contributed by atoms with van der Waals surface area (Å²) in [6.45, 7) is 2.85. The number of benzene rings is 2. The summed E-state index contributed by atoms with van der Waals surface area (Å²) in [7, 11) is 2.71. The summed E-state index contributed by atoms with van der Waals surface area (Å²) in [5.41, 5.74) is 1.05. The quantitative estimate of drug-likeness (QED) is 0.330. The van der Waals surface area contributed by atoms with Crippen LogP contribution in [0.5, 0.6) is 5.75 Å². The Kier molecular flexibility index (Phi) is 8.63. The Balaban J connectivity index is 2.40. The fourth-order valence-electron chi connectivity index (χ4n) is 2.86. The summed E-state index contributed by atoms with van der Waals surface area (Å²) in [4.78, 5) is 22.3. The molecule has 0 fully saturated rings. The fourth-order valence-corrected chi connectivity index (χ4v) is 3.15. The first-order valence-electron chi connectivity index (χ1n) is 9.32. The van der Waals surface area contributed by atoms with Gasteiger partial charge in [0.2, 0.25) is 0 Å². The summed E-state index contributed by atoms with van der Waals surface area (Å²) in [5.74, 6) is -2.90. The van der Waals surface area contributed by atoms with Crippen LogP contribution < -0.4 is 10.1 Å². The van der Waals surface area contributed by atoms with Crippen molar-refractivity contribution in [3.05, 3.63) is 63.4 Å². The number of rotatable bonds is 8. The van der Waals surface area contributed by atoms with Crippen LogP contribution in [0.4, 0.5) is 17.6 Å². The van der Waals surface area contributed by atoms with Crippen LogP contribution >= 0.6 is 11.6 Å². The van der Waals surface area contributed by atoms with Gasteiger partial charge in [-0.3, -0.25) is 4.79 Å². The number of likely N-dealkylation sites (N-methyl/N-ethyl adjacent to an activating group) is 1. The molecule has 0 spiro atoms. The highest BCUT2D eigenvalue weighted by Crippen LogP contribution is 2.34. The number of oxime groups is 2. The number of nitrogens with zero attached hydrogens (tertiary/aromatic N) is 2. The number of halogens is 5. The van der Waals surface area contributed by atoms with E-state index in [0.29, 0.717) is 11.1 Å². The molecule has 1 amide bonds. The van der Waals surface area contributed by atoms with Gasteiger partial charge in [0, 0.05) is 18.2 Å². The molecule has 2 aromatic carbocycles. The van der Waals surface area contributed by atoms with E-state index in [1.807, 2.05) is 0 Å². The summed E-state index contributed by atoms with van der Waals surface area (Å²) < 4.78 is 56.0. The Bertz CT molecular complexity index is 1090. The highest BCUT2D eigenvalue weighted by molar-refractivity contribution is 6.45. The molecule has 0 atom stereocenters. The predicted octanol–water partition coefficient (Wildman–Crippen LogP) is 4.72. The molecule has 0 aliphatic rings. The molecule has 2 aromatic rings. The second-order valence-corrected chi connectivity index (χ2v) is 6.94. The van der Waals surface area contributed by atoms with Crippen molar-refractivity contribution in [3.8, 4) is 5.75 Å². The molecular formula is C21H20ClF4N3O4. The lowest BCUT2D eigenvalue weighted by Crippen LogP contribution is -2.29. The second-order valence-electron chi connectivity index (χ2n) is 6.53. The van der Waals surface area contributed by atoms with Crippen LogP contribution in [-0.4, -0.2) is 37.9 Å². The first-order valence-corrected chi connectivity index (χ1v) is 9.70. The Labute approximate surface area is 191 Å². The number of carbonyl (C=O) groups excluding carboxylic acids is 1. The molecule has 0 saturated carbocycles. The van der Waals surface area contributed by atoms with Gasteiger partial charge in [0.05, 0.1) is 16.3 Å². The zero-order valence-electron chi connectivity index (χ0n) is 18.0. The summed E-state index contributed by atoms with van der Waals surface area (Å²) in [5, 5.41) is 9.77. The number of nitrogens with one attached hydrogen (secondary N) is 1. The minimum absolute atomic E-state index is 0.0166. The standard InChI is InChI=1S/C21H20ClF4N3O4/c1-11-6-5-7-13(18(29-31-4)20(30)27-3)14(11)10-32-28-12(2)17-15(22)8-9-16(23)19(17)33-21(24,25)26/h5-9H,10H2,1-4H3,(H,27,30)/b28-12+,29-18+. The third-order valence-corrected chi connectivity index (χ3v) is 4.65. The third-order valence-electron chi connectivity index (χ3n) is 4.34. The van der Waals surface area contributed by atoms with Crippen molar-refractivity contribution in [2.24, 2.45) is 10.3 Å². The average Bonchev–Trinajstić information content (AvgIpc) is 2.74. The van der Waals surface area contributed by atoms with E-state index in [9.17, 15) is 22.4 Å². The van der Waals surface area contributed by atoms with Crippen LogP contribution in [-0.2, 0) is 21.1 Å². The van der Waals surface area contributed by atoms with Gasteiger partial charge in [0.1, 0.15) is 13.7 Å². The maximum absolute atomic E-state index is 14.0. The van der Waals surface area contributed by atoms with E-state index in [1.165, 1.54) is 21.1 Å². The van der Waals surface area contributed by atoms with Crippen molar-refractivity contribution >= 4 is 28.9 Å². The van der Waals surface area contributed by atoms with Crippen molar-refractivity contribution in [1.82, 2.24) is 5.32 Å². The van der Waals surface area contributed by atoms with Crippen LogP contribution in [0.15, 0.2) is 40.6 Å². The topological polar surface area (TPSA) is 81.5 Å². The van der Waals surface area contributed by atoms with Gasteiger partial charge in [-0.15, -0.1) is 13.2 Å². The smallest absolute Gasteiger partial charge is 0.402 e. The highest BCUT2D eigenvalue weighted by Gasteiger charge is 2.34.